The first-order valence-electron chi connectivity index (χ1n) is 4.15. The molecule has 0 unspecified atom stereocenters. The van der Waals surface area contributed by atoms with Gasteiger partial charge in [0, 0.05) is 0 Å². The predicted octanol–water partition coefficient (Wildman–Crippen LogP) is 2.63. The van der Waals surface area contributed by atoms with Crippen molar-refractivity contribution in [3.05, 3.63) is 23.3 Å². The number of carbonyl (C=O) groups is 1. The molecule has 0 atom stereocenters. The molecule has 0 amide bonds. The Morgan fingerprint density at radius 3 is 2.82 bits per heavy atom. The molecule has 0 aliphatic heterocycles. The topological polar surface area (TPSA) is 17.1 Å². The second-order valence-corrected chi connectivity index (χ2v) is 2.98. The largest absolute Gasteiger partial charge is 0.290 e. The lowest BCUT2D eigenvalue weighted by Gasteiger charge is -2.10. The summed E-state index contributed by atoms with van der Waals surface area (Å²) in [4.78, 5) is 11.2. The molecule has 1 nitrogen and oxygen atoms in total. The van der Waals surface area contributed by atoms with E-state index in [1.165, 1.54) is 5.57 Å². The van der Waals surface area contributed by atoms with Crippen LogP contribution in [0.15, 0.2) is 23.3 Å². The molecule has 0 bridgehead atoms. The fourth-order valence-electron chi connectivity index (χ4n) is 1.36. The minimum absolute atomic E-state index is 0.218. The first-order valence-corrected chi connectivity index (χ1v) is 4.15. The van der Waals surface area contributed by atoms with Crippen LogP contribution in [0.2, 0.25) is 0 Å². The average Bonchev–Trinajstić information content (AvgIpc) is 1.97. The van der Waals surface area contributed by atoms with Crippen LogP contribution in [-0.2, 0) is 4.79 Å². The number of ketones is 1. The Morgan fingerprint density at radius 2 is 2.27 bits per heavy atom. The van der Waals surface area contributed by atoms with E-state index in [0.29, 0.717) is 0 Å². The van der Waals surface area contributed by atoms with Gasteiger partial charge < -0.3 is 0 Å². The molecule has 1 rings (SSSR count). The molecule has 0 aromatic heterocycles. The van der Waals surface area contributed by atoms with Gasteiger partial charge in [-0.15, -0.1) is 0 Å². The van der Waals surface area contributed by atoms with Gasteiger partial charge in [-0.2, -0.15) is 0 Å². The molecule has 0 saturated carbocycles. The van der Waals surface area contributed by atoms with Gasteiger partial charge in [-0.25, -0.2) is 0 Å². The lowest BCUT2D eigenvalue weighted by atomic mass is 9.94. The van der Waals surface area contributed by atoms with E-state index >= 15 is 0 Å². The van der Waals surface area contributed by atoms with Crippen molar-refractivity contribution in [3.8, 4) is 0 Å². The smallest absolute Gasteiger partial charge is 0.181 e. The Kier molecular flexibility index (Phi) is 2.64. The molecule has 0 aromatic carbocycles. The highest BCUT2D eigenvalue weighted by molar-refractivity contribution is 6.05. The van der Waals surface area contributed by atoms with E-state index in [1.807, 2.05) is 13.0 Å². The highest BCUT2D eigenvalue weighted by atomic mass is 16.1. The monoisotopic (exact) mass is 150 g/mol. The Labute approximate surface area is 67.8 Å². The van der Waals surface area contributed by atoms with Crippen LogP contribution < -0.4 is 0 Å². The first kappa shape index (κ1) is 8.25. The average molecular weight is 150 g/mol. The number of hydrogen-bond donors (Lipinski definition) is 0. The van der Waals surface area contributed by atoms with Gasteiger partial charge in [-0.05, 0) is 31.4 Å². The van der Waals surface area contributed by atoms with Gasteiger partial charge in [0.05, 0.1) is 0 Å². The summed E-state index contributed by atoms with van der Waals surface area (Å²) >= 11 is 0. The first-order chi connectivity index (χ1) is 5.25. The zero-order valence-electron chi connectivity index (χ0n) is 7.18. The Balaban J connectivity index is 2.78. The molecule has 0 N–H and O–H groups in total. The quantitative estimate of drug-likeness (QED) is 0.591. The summed E-state index contributed by atoms with van der Waals surface area (Å²) in [6.45, 7) is 4.15. The van der Waals surface area contributed by atoms with Crippen molar-refractivity contribution in [2.75, 3.05) is 0 Å². The van der Waals surface area contributed by atoms with E-state index in [-0.39, 0.29) is 5.78 Å². The van der Waals surface area contributed by atoms with Crippen LogP contribution in [0, 0.1) is 0 Å². The van der Waals surface area contributed by atoms with Crippen LogP contribution in [0.25, 0.3) is 0 Å². The van der Waals surface area contributed by atoms with Crippen LogP contribution in [0.5, 0.6) is 0 Å². The molecule has 11 heavy (non-hydrogen) atoms. The van der Waals surface area contributed by atoms with E-state index in [1.54, 1.807) is 6.08 Å². The third-order valence-electron chi connectivity index (χ3n) is 2.01. The van der Waals surface area contributed by atoms with Crippen molar-refractivity contribution < 1.29 is 4.79 Å². The maximum atomic E-state index is 11.2. The van der Waals surface area contributed by atoms with Crippen molar-refractivity contribution >= 4 is 5.78 Å². The summed E-state index contributed by atoms with van der Waals surface area (Å²) in [6.07, 6.45) is 6.59. The second kappa shape index (κ2) is 3.51. The zero-order valence-corrected chi connectivity index (χ0v) is 7.18. The highest BCUT2D eigenvalue weighted by Gasteiger charge is 2.11. The second-order valence-electron chi connectivity index (χ2n) is 2.98. The molecule has 0 radical (unpaired) electrons. The highest BCUT2D eigenvalue weighted by Crippen LogP contribution is 2.19. The summed E-state index contributed by atoms with van der Waals surface area (Å²) < 4.78 is 0. The maximum absolute atomic E-state index is 11.2. The molecule has 1 aliphatic rings. The summed E-state index contributed by atoms with van der Waals surface area (Å²) in [5, 5.41) is 0. The van der Waals surface area contributed by atoms with Gasteiger partial charge in [0.25, 0.3) is 0 Å². The van der Waals surface area contributed by atoms with Gasteiger partial charge in [-0.3, -0.25) is 4.79 Å². The SMILES string of the molecule is CCCC1=C(C)CC=CC1=O. The van der Waals surface area contributed by atoms with Crippen molar-refractivity contribution in [2.45, 2.75) is 33.1 Å². The zero-order chi connectivity index (χ0) is 8.27. The molecule has 0 spiro atoms. The van der Waals surface area contributed by atoms with Crippen molar-refractivity contribution in [1.29, 1.82) is 0 Å². The van der Waals surface area contributed by atoms with Crippen molar-refractivity contribution in [1.82, 2.24) is 0 Å². The van der Waals surface area contributed by atoms with E-state index in [9.17, 15) is 4.79 Å². The third kappa shape index (κ3) is 1.79. The fourth-order valence-corrected chi connectivity index (χ4v) is 1.36. The van der Waals surface area contributed by atoms with E-state index in [2.05, 4.69) is 6.92 Å². The Hall–Kier alpha value is -0.850. The van der Waals surface area contributed by atoms with E-state index in [0.717, 1.165) is 24.8 Å². The van der Waals surface area contributed by atoms with Crippen LogP contribution in [0.1, 0.15) is 33.1 Å². The van der Waals surface area contributed by atoms with Crippen LogP contribution >= 0.6 is 0 Å². The fraction of sp³-hybridized carbons (Fsp3) is 0.500. The third-order valence-corrected chi connectivity index (χ3v) is 2.01. The van der Waals surface area contributed by atoms with Crippen LogP contribution in [-0.4, -0.2) is 5.78 Å². The molecule has 0 fully saturated rings. The summed E-state index contributed by atoms with van der Waals surface area (Å²) in [7, 11) is 0. The molecular formula is C10H14O. The minimum atomic E-state index is 0.218. The number of rotatable bonds is 2. The minimum Gasteiger partial charge on any atom is -0.290 e. The van der Waals surface area contributed by atoms with Crippen molar-refractivity contribution in [3.63, 3.8) is 0 Å². The lowest BCUT2D eigenvalue weighted by molar-refractivity contribution is -0.111. The Morgan fingerprint density at radius 1 is 1.55 bits per heavy atom. The molecule has 1 heteroatoms. The van der Waals surface area contributed by atoms with Gasteiger partial charge in [0.2, 0.25) is 0 Å². The van der Waals surface area contributed by atoms with Gasteiger partial charge in [0.1, 0.15) is 0 Å². The molecule has 1 aliphatic carbocycles. The number of hydrogen-bond acceptors (Lipinski definition) is 1. The lowest BCUT2D eigenvalue weighted by Crippen LogP contribution is -2.05. The predicted molar refractivity (Wildman–Crippen MR) is 46.4 cm³/mol. The van der Waals surface area contributed by atoms with Gasteiger partial charge in [0.15, 0.2) is 5.78 Å². The van der Waals surface area contributed by atoms with E-state index < -0.39 is 0 Å². The molecule has 0 saturated heterocycles. The van der Waals surface area contributed by atoms with Crippen LogP contribution in [0.4, 0.5) is 0 Å². The number of carbonyl (C=O) groups excluding carboxylic acids is 1. The Bertz CT molecular complexity index is 221. The number of allylic oxidation sites excluding steroid dienone is 4. The van der Waals surface area contributed by atoms with E-state index in [4.69, 9.17) is 0 Å². The van der Waals surface area contributed by atoms with Gasteiger partial charge in [-0.1, -0.05) is 25.0 Å². The summed E-state index contributed by atoms with van der Waals surface area (Å²) in [5.41, 5.74) is 2.29. The standard InChI is InChI=1S/C10H14O/c1-3-5-9-8(2)6-4-7-10(9)11/h4,7H,3,5-6H2,1-2H3. The van der Waals surface area contributed by atoms with Crippen molar-refractivity contribution in [2.24, 2.45) is 0 Å². The van der Waals surface area contributed by atoms with Crippen LogP contribution in [0.3, 0.4) is 0 Å². The molecule has 0 aromatic rings. The normalized spacial score (nSPS) is 17.8. The molecular weight excluding hydrogens is 136 g/mol. The summed E-state index contributed by atoms with van der Waals surface area (Å²) in [6, 6.07) is 0. The summed E-state index contributed by atoms with van der Waals surface area (Å²) in [5.74, 6) is 0.218. The maximum Gasteiger partial charge on any atom is 0.181 e. The molecule has 0 heterocycles. The molecule has 60 valence electrons. The van der Waals surface area contributed by atoms with Gasteiger partial charge >= 0.3 is 0 Å².